The zero-order valence-electron chi connectivity index (χ0n) is 13.3. The Labute approximate surface area is 134 Å². The molecule has 0 bridgehead atoms. The van der Waals surface area contributed by atoms with E-state index in [0.29, 0.717) is 30.7 Å². The second-order valence-electron chi connectivity index (χ2n) is 6.98. The van der Waals surface area contributed by atoms with Gasteiger partial charge in [0.2, 0.25) is 5.91 Å². The molecule has 0 aromatic carbocycles. The van der Waals surface area contributed by atoms with E-state index in [0.717, 1.165) is 6.42 Å². The van der Waals surface area contributed by atoms with Gasteiger partial charge in [-0.25, -0.2) is 0 Å². The Morgan fingerprint density at radius 1 is 1.39 bits per heavy atom. The third-order valence-electron chi connectivity index (χ3n) is 4.73. The van der Waals surface area contributed by atoms with E-state index in [4.69, 9.17) is 10.2 Å². The average molecular weight is 319 g/mol. The fourth-order valence-electron chi connectivity index (χ4n) is 3.10. The number of rotatable bonds is 3. The minimum atomic E-state index is -0.366. The number of hydrogen-bond acceptors (Lipinski definition) is 4. The summed E-state index contributed by atoms with van der Waals surface area (Å²) in [6, 6.07) is 1.42. The summed E-state index contributed by atoms with van der Waals surface area (Å²) >= 11 is 0. The van der Waals surface area contributed by atoms with Crippen LogP contribution in [0.25, 0.3) is 0 Å². The van der Waals surface area contributed by atoms with Gasteiger partial charge in [0.15, 0.2) is 5.76 Å². The number of fused-ring (bicyclic) bond motifs is 1. The van der Waals surface area contributed by atoms with Crippen molar-refractivity contribution in [3.63, 3.8) is 0 Å². The summed E-state index contributed by atoms with van der Waals surface area (Å²) in [5, 5.41) is 5.62. The minimum absolute atomic E-state index is 0.0771. The van der Waals surface area contributed by atoms with Gasteiger partial charge in [-0.1, -0.05) is 13.8 Å². The molecule has 0 atom stereocenters. The van der Waals surface area contributed by atoms with E-state index in [9.17, 15) is 14.4 Å². The monoisotopic (exact) mass is 319 g/mol. The molecule has 3 rings (SSSR count). The van der Waals surface area contributed by atoms with Gasteiger partial charge in [0, 0.05) is 30.0 Å². The van der Waals surface area contributed by atoms with Crippen LogP contribution in [0.15, 0.2) is 10.5 Å². The van der Waals surface area contributed by atoms with E-state index in [1.807, 2.05) is 13.8 Å². The third kappa shape index (κ3) is 2.83. The van der Waals surface area contributed by atoms with Crippen LogP contribution in [-0.2, 0) is 10.2 Å². The van der Waals surface area contributed by atoms with Crippen molar-refractivity contribution in [1.29, 1.82) is 0 Å². The van der Waals surface area contributed by atoms with Crippen molar-refractivity contribution in [3.8, 4) is 0 Å². The Morgan fingerprint density at radius 3 is 2.74 bits per heavy atom. The first-order chi connectivity index (χ1) is 10.8. The van der Waals surface area contributed by atoms with E-state index in [2.05, 4.69) is 10.6 Å². The summed E-state index contributed by atoms with van der Waals surface area (Å²) in [6.45, 7) is 4.55. The van der Waals surface area contributed by atoms with Crippen LogP contribution in [0.1, 0.15) is 59.8 Å². The van der Waals surface area contributed by atoms with Gasteiger partial charge >= 0.3 is 0 Å². The van der Waals surface area contributed by atoms with Crippen LogP contribution in [0, 0.1) is 5.92 Å². The predicted octanol–water partition coefficient (Wildman–Crippen LogP) is 0.684. The van der Waals surface area contributed by atoms with Gasteiger partial charge in [-0.15, -0.1) is 0 Å². The van der Waals surface area contributed by atoms with E-state index < -0.39 is 0 Å². The average Bonchev–Trinajstić information content (AvgIpc) is 2.83. The van der Waals surface area contributed by atoms with Gasteiger partial charge in [-0.2, -0.15) is 0 Å². The molecule has 4 N–H and O–H groups in total. The highest BCUT2D eigenvalue weighted by Gasteiger charge is 2.37. The molecule has 0 unspecified atom stereocenters. The molecule has 0 radical (unpaired) electrons. The second kappa shape index (κ2) is 5.40. The summed E-state index contributed by atoms with van der Waals surface area (Å²) < 4.78 is 5.71. The van der Waals surface area contributed by atoms with Crippen molar-refractivity contribution in [2.24, 2.45) is 11.7 Å². The smallest absolute Gasteiger partial charge is 0.287 e. The highest BCUT2D eigenvalue weighted by atomic mass is 16.4. The largest absolute Gasteiger partial charge is 0.454 e. The number of primary amides is 1. The zero-order valence-corrected chi connectivity index (χ0v) is 13.3. The standard InChI is InChI=1S/C16H21N3O4/c1-16(2)3-4-18-14(21)10-7-11(23-12(10)16)15(22)19-9-5-8(6-9)13(17)20/h7-9H,3-6H2,1-2H3,(H2,17,20)(H,18,21)(H,19,22). The van der Waals surface area contributed by atoms with E-state index >= 15 is 0 Å². The summed E-state index contributed by atoms with van der Waals surface area (Å²) in [4.78, 5) is 35.4. The molecule has 23 heavy (non-hydrogen) atoms. The van der Waals surface area contributed by atoms with Crippen LogP contribution in [-0.4, -0.2) is 30.3 Å². The Balaban J connectivity index is 1.75. The highest BCUT2D eigenvalue weighted by Crippen LogP contribution is 2.34. The third-order valence-corrected chi connectivity index (χ3v) is 4.73. The molecule has 7 heteroatoms. The van der Waals surface area contributed by atoms with Crippen LogP contribution in [0.2, 0.25) is 0 Å². The molecule has 1 saturated carbocycles. The van der Waals surface area contributed by atoms with Crippen molar-refractivity contribution >= 4 is 17.7 Å². The van der Waals surface area contributed by atoms with Gasteiger partial charge in [-0.05, 0) is 19.3 Å². The highest BCUT2D eigenvalue weighted by molar-refractivity contribution is 6.00. The molecule has 7 nitrogen and oxygen atoms in total. The van der Waals surface area contributed by atoms with Crippen LogP contribution in [0.5, 0.6) is 0 Å². The van der Waals surface area contributed by atoms with E-state index in [-0.39, 0.29) is 40.9 Å². The molecule has 1 aliphatic heterocycles. The van der Waals surface area contributed by atoms with Gasteiger partial charge in [-0.3, -0.25) is 14.4 Å². The van der Waals surface area contributed by atoms with E-state index in [1.165, 1.54) is 6.07 Å². The maximum Gasteiger partial charge on any atom is 0.287 e. The first-order valence-corrected chi connectivity index (χ1v) is 7.80. The molecule has 0 saturated heterocycles. The lowest BCUT2D eigenvalue weighted by molar-refractivity contribution is -0.124. The molecule has 1 aromatic rings. The zero-order chi connectivity index (χ0) is 16.8. The van der Waals surface area contributed by atoms with Gasteiger partial charge < -0.3 is 20.8 Å². The molecule has 1 aliphatic carbocycles. The van der Waals surface area contributed by atoms with Gasteiger partial charge in [0.25, 0.3) is 11.8 Å². The number of carbonyl (C=O) groups excluding carboxylic acids is 3. The first-order valence-electron chi connectivity index (χ1n) is 7.80. The summed E-state index contributed by atoms with van der Waals surface area (Å²) in [6.07, 6.45) is 1.84. The summed E-state index contributed by atoms with van der Waals surface area (Å²) in [7, 11) is 0. The van der Waals surface area contributed by atoms with Crippen molar-refractivity contribution in [3.05, 3.63) is 23.2 Å². The molecule has 124 valence electrons. The minimum Gasteiger partial charge on any atom is -0.454 e. The Bertz CT molecular complexity index is 671. The number of nitrogens with two attached hydrogens (primary N) is 1. The first kappa shape index (κ1) is 15.6. The number of amides is 3. The molecule has 2 aliphatic rings. The molecule has 1 fully saturated rings. The topological polar surface area (TPSA) is 114 Å². The Morgan fingerprint density at radius 2 is 2.09 bits per heavy atom. The predicted molar refractivity (Wildman–Crippen MR) is 81.9 cm³/mol. The van der Waals surface area contributed by atoms with Crippen molar-refractivity contribution < 1.29 is 18.8 Å². The van der Waals surface area contributed by atoms with Crippen LogP contribution in [0.4, 0.5) is 0 Å². The lowest BCUT2D eigenvalue weighted by Gasteiger charge is -2.33. The Kier molecular flexibility index (Phi) is 3.66. The van der Waals surface area contributed by atoms with Gasteiger partial charge in [0.1, 0.15) is 5.76 Å². The normalized spacial score (nSPS) is 25.6. The fourth-order valence-corrected chi connectivity index (χ4v) is 3.10. The quantitative estimate of drug-likeness (QED) is 0.760. The van der Waals surface area contributed by atoms with Crippen molar-refractivity contribution in [2.45, 2.75) is 44.6 Å². The lowest BCUT2D eigenvalue weighted by atomic mass is 9.80. The second-order valence-corrected chi connectivity index (χ2v) is 6.98. The SMILES string of the molecule is CC1(C)CCNC(=O)c2cc(C(=O)NC3CC(C(N)=O)C3)oc21. The molecular formula is C16H21N3O4. The van der Waals surface area contributed by atoms with Crippen molar-refractivity contribution in [2.75, 3.05) is 6.54 Å². The molecular weight excluding hydrogens is 298 g/mol. The Hall–Kier alpha value is -2.31. The van der Waals surface area contributed by atoms with Crippen molar-refractivity contribution in [1.82, 2.24) is 10.6 Å². The van der Waals surface area contributed by atoms with Gasteiger partial charge in [0.05, 0.1) is 5.56 Å². The number of nitrogens with one attached hydrogen (secondary N) is 2. The molecule has 1 aromatic heterocycles. The molecule has 0 spiro atoms. The van der Waals surface area contributed by atoms with Crippen LogP contribution in [0.3, 0.4) is 0 Å². The maximum absolute atomic E-state index is 12.3. The number of hydrogen-bond donors (Lipinski definition) is 3. The lowest BCUT2D eigenvalue weighted by Crippen LogP contribution is -2.48. The van der Waals surface area contributed by atoms with Crippen LogP contribution < -0.4 is 16.4 Å². The number of carbonyl (C=O) groups is 3. The van der Waals surface area contributed by atoms with Crippen LogP contribution >= 0.6 is 0 Å². The molecule has 2 heterocycles. The molecule has 3 amide bonds. The maximum atomic E-state index is 12.3. The summed E-state index contributed by atoms with van der Waals surface area (Å²) in [5.41, 5.74) is 5.31. The number of furan rings is 1. The van der Waals surface area contributed by atoms with E-state index in [1.54, 1.807) is 0 Å². The summed E-state index contributed by atoms with van der Waals surface area (Å²) in [5.74, 6) is -0.415. The fraction of sp³-hybridized carbons (Fsp3) is 0.562.